The molecule has 3 aromatic rings. The van der Waals surface area contributed by atoms with E-state index in [1.165, 1.54) is 21.4 Å². The van der Waals surface area contributed by atoms with E-state index in [0.717, 1.165) is 0 Å². The van der Waals surface area contributed by atoms with Crippen LogP contribution in [0.25, 0.3) is 5.69 Å². The average Bonchev–Trinajstić information content (AvgIpc) is 3.45. The summed E-state index contributed by atoms with van der Waals surface area (Å²) < 4.78 is 40.1. The molecule has 0 radical (unpaired) electrons. The van der Waals surface area contributed by atoms with Crippen molar-refractivity contribution in [1.29, 1.82) is 0 Å². The van der Waals surface area contributed by atoms with Gasteiger partial charge in [-0.15, -0.1) is 5.10 Å². The molecule has 2 aliphatic heterocycles. The number of aromatic nitrogens is 4. The van der Waals surface area contributed by atoms with E-state index in [1.54, 1.807) is 36.4 Å². The van der Waals surface area contributed by atoms with Gasteiger partial charge in [0.1, 0.15) is 6.33 Å². The lowest BCUT2D eigenvalue weighted by Crippen LogP contribution is -2.41. The van der Waals surface area contributed by atoms with E-state index in [2.05, 4.69) is 20.8 Å². The molecule has 2 aromatic carbocycles. The maximum absolute atomic E-state index is 13.5. The second kappa shape index (κ2) is 10.1. The molecular weight excluding hydrogens is 474 g/mol. The fourth-order valence-corrected chi connectivity index (χ4v) is 5.51. The van der Waals surface area contributed by atoms with Crippen molar-refractivity contribution < 1.29 is 22.7 Å². The summed E-state index contributed by atoms with van der Waals surface area (Å²) in [5.41, 5.74) is 2.12. The van der Waals surface area contributed by atoms with E-state index in [0.29, 0.717) is 56.6 Å². The highest BCUT2D eigenvalue weighted by Crippen LogP contribution is 2.28. The Labute approximate surface area is 202 Å². The highest BCUT2D eigenvalue weighted by molar-refractivity contribution is 7.89. The Morgan fingerprint density at radius 3 is 2.40 bits per heavy atom. The topological polar surface area (TPSA) is 132 Å². The minimum atomic E-state index is -3.77. The Morgan fingerprint density at radius 2 is 1.69 bits per heavy atom. The second-order valence-electron chi connectivity index (χ2n) is 8.05. The van der Waals surface area contributed by atoms with Gasteiger partial charge >= 0.3 is 0 Å². The molecule has 0 unspecified atom stereocenters. The van der Waals surface area contributed by atoms with E-state index in [4.69, 9.17) is 9.47 Å². The van der Waals surface area contributed by atoms with Crippen molar-refractivity contribution in [3.8, 4) is 5.69 Å². The summed E-state index contributed by atoms with van der Waals surface area (Å²) >= 11 is 0. The van der Waals surface area contributed by atoms with Crippen molar-refractivity contribution in [2.24, 2.45) is 0 Å². The Balaban J connectivity index is 1.48. The summed E-state index contributed by atoms with van der Waals surface area (Å²) in [6, 6.07) is 11.8. The molecule has 0 spiro atoms. The van der Waals surface area contributed by atoms with Crippen LogP contribution in [0.5, 0.6) is 0 Å². The number of sulfonamides is 1. The molecule has 1 amide bonds. The first kappa shape index (κ1) is 23.4. The molecule has 0 bridgehead atoms. The van der Waals surface area contributed by atoms with Gasteiger partial charge in [0, 0.05) is 37.6 Å². The number of hydrogen-bond donors (Lipinski definition) is 1. The smallest absolute Gasteiger partial charge is 0.257 e. The number of hydrogen-bond acceptors (Lipinski definition) is 9. The molecule has 1 aromatic heterocycles. The molecule has 0 aliphatic carbocycles. The lowest BCUT2D eigenvalue weighted by Gasteiger charge is -2.31. The third-order valence-corrected chi connectivity index (χ3v) is 7.78. The number of carbonyl (C=O) groups excluding carboxylic acids is 1. The maximum Gasteiger partial charge on any atom is 0.257 e. The molecule has 35 heavy (non-hydrogen) atoms. The lowest BCUT2D eigenvalue weighted by atomic mass is 10.1. The van der Waals surface area contributed by atoms with E-state index in [1.807, 2.05) is 4.90 Å². The van der Waals surface area contributed by atoms with Crippen LogP contribution in [0, 0.1) is 0 Å². The van der Waals surface area contributed by atoms with Crippen molar-refractivity contribution >= 4 is 27.3 Å². The molecule has 13 heteroatoms. The van der Waals surface area contributed by atoms with Crippen LogP contribution >= 0.6 is 0 Å². The molecule has 2 saturated heterocycles. The first-order valence-corrected chi connectivity index (χ1v) is 12.7. The van der Waals surface area contributed by atoms with E-state index < -0.39 is 15.9 Å². The van der Waals surface area contributed by atoms with Crippen LogP contribution < -0.4 is 10.2 Å². The molecule has 1 N–H and O–H groups in total. The third-order valence-electron chi connectivity index (χ3n) is 5.89. The van der Waals surface area contributed by atoms with Crippen LogP contribution in [0.3, 0.4) is 0 Å². The SMILES string of the molecule is O=C(Nc1cccc(-n2cnnn2)c1)c1cc(S(=O)(=O)N2CCOCC2)ccc1N1CCOCC1. The molecule has 0 atom stereocenters. The van der Waals surface area contributed by atoms with Crippen LogP contribution in [0.1, 0.15) is 10.4 Å². The van der Waals surface area contributed by atoms with Gasteiger partial charge in [-0.1, -0.05) is 6.07 Å². The summed E-state index contributed by atoms with van der Waals surface area (Å²) in [6.07, 6.45) is 1.46. The minimum absolute atomic E-state index is 0.0731. The highest BCUT2D eigenvalue weighted by Gasteiger charge is 2.29. The van der Waals surface area contributed by atoms with Crippen LogP contribution in [0.15, 0.2) is 53.7 Å². The van der Waals surface area contributed by atoms with Crippen LogP contribution in [-0.2, 0) is 19.5 Å². The zero-order valence-corrected chi connectivity index (χ0v) is 19.7. The largest absolute Gasteiger partial charge is 0.379 e. The number of tetrazole rings is 1. The summed E-state index contributed by atoms with van der Waals surface area (Å²) in [5.74, 6) is -0.417. The van der Waals surface area contributed by atoms with Gasteiger partial charge < -0.3 is 19.7 Å². The Kier molecular flexibility index (Phi) is 6.72. The lowest BCUT2D eigenvalue weighted by molar-refractivity contribution is 0.0730. The van der Waals surface area contributed by atoms with Crippen molar-refractivity contribution in [3.05, 3.63) is 54.4 Å². The molecule has 2 aliphatic rings. The number of nitrogens with zero attached hydrogens (tertiary/aromatic N) is 6. The van der Waals surface area contributed by atoms with Crippen LogP contribution in [-0.4, -0.2) is 91.4 Å². The van der Waals surface area contributed by atoms with Gasteiger partial charge in [-0.2, -0.15) is 4.31 Å². The zero-order chi connectivity index (χ0) is 24.3. The van der Waals surface area contributed by atoms with Crippen molar-refractivity contribution in [2.75, 3.05) is 62.8 Å². The summed E-state index contributed by atoms with van der Waals surface area (Å²) in [7, 11) is -3.77. The predicted octanol–water partition coefficient (Wildman–Crippen LogP) is 0.772. The Hall–Kier alpha value is -3.39. The summed E-state index contributed by atoms with van der Waals surface area (Å²) in [4.78, 5) is 15.6. The number of morpholine rings is 2. The number of amides is 1. The van der Waals surface area contributed by atoms with Gasteiger partial charge in [-0.05, 0) is 46.8 Å². The number of benzene rings is 2. The Morgan fingerprint density at radius 1 is 0.943 bits per heavy atom. The zero-order valence-electron chi connectivity index (χ0n) is 18.9. The van der Waals surface area contributed by atoms with E-state index in [-0.39, 0.29) is 23.5 Å². The fourth-order valence-electron chi connectivity index (χ4n) is 4.08. The second-order valence-corrected chi connectivity index (χ2v) is 9.99. The van der Waals surface area contributed by atoms with Gasteiger partial charge in [-0.3, -0.25) is 4.79 Å². The van der Waals surface area contributed by atoms with Crippen LogP contribution in [0.4, 0.5) is 11.4 Å². The van der Waals surface area contributed by atoms with Gasteiger partial charge in [0.05, 0.1) is 42.6 Å². The monoisotopic (exact) mass is 499 g/mol. The maximum atomic E-state index is 13.5. The number of ether oxygens (including phenoxy) is 2. The standard InChI is InChI=1S/C22H25N7O5S/c30-22(24-17-2-1-3-18(14-17)29-16-23-25-26-29)20-15-19(35(31,32)28-8-12-34-13-9-28)4-5-21(20)27-6-10-33-11-7-27/h1-5,14-16H,6-13H2,(H,24,30). The molecular formula is C22H25N7O5S. The normalized spacial score (nSPS) is 17.3. The molecule has 184 valence electrons. The number of anilines is 2. The van der Waals surface area contributed by atoms with Crippen molar-refractivity contribution in [1.82, 2.24) is 24.5 Å². The fraction of sp³-hybridized carbons (Fsp3) is 0.364. The minimum Gasteiger partial charge on any atom is -0.379 e. The molecule has 0 saturated carbocycles. The number of rotatable bonds is 6. The number of carbonyl (C=O) groups is 1. The molecule has 3 heterocycles. The number of nitrogens with one attached hydrogen (secondary N) is 1. The molecule has 5 rings (SSSR count). The van der Waals surface area contributed by atoms with Crippen molar-refractivity contribution in [3.63, 3.8) is 0 Å². The quantitative estimate of drug-likeness (QED) is 0.522. The molecule has 12 nitrogen and oxygen atoms in total. The van der Waals surface area contributed by atoms with Gasteiger partial charge in [0.2, 0.25) is 10.0 Å². The van der Waals surface area contributed by atoms with Crippen molar-refractivity contribution in [2.45, 2.75) is 4.90 Å². The summed E-state index contributed by atoms with van der Waals surface area (Å²) in [6.45, 7) is 3.51. The highest BCUT2D eigenvalue weighted by atomic mass is 32.2. The molecule has 2 fully saturated rings. The average molecular weight is 500 g/mol. The third kappa shape index (κ3) is 5.03. The van der Waals surface area contributed by atoms with Gasteiger partial charge in [0.15, 0.2) is 0 Å². The Bertz CT molecular complexity index is 1290. The first-order valence-electron chi connectivity index (χ1n) is 11.2. The predicted molar refractivity (Wildman–Crippen MR) is 126 cm³/mol. The first-order chi connectivity index (χ1) is 17.0. The van der Waals surface area contributed by atoms with E-state index in [9.17, 15) is 13.2 Å². The van der Waals surface area contributed by atoms with Crippen LogP contribution in [0.2, 0.25) is 0 Å². The van der Waals surface area contributed by atoms with E-state index >= 15 is 0 Å². The van der Waals surface area contributed by atoms with Gasteiger partial charge in [-0.25, -0.2) is 13.1 Å². The summed E-state index contributed by atoms with van der Waals surface area (Å²) in [5, 5.41) is 14.0. The van der Waals surface area contributed by atoms with Gasteiger partial charge in [0.25, 0.3) is 5.91 Å².